The highest BCUT2D eigenvalue weighted by molar-refractivity contribution is 5.87. The van der Waals surface area contributed by atoms with Gasteiger partial charge in [0.25, 0.3) is 5.88 Å². The van der Waals surface area contributed by atoms with Gasteiger partial charge in [0, 0.05) is 0 Å². The van der Waals surface area contributed by atoms with Crippen LogP contribution in [0.25, 0.3) is 11.2 Å². The van der Waals surface area contributed by atoms with Crippen LogP contribution in [0, 0.1) is 0 Å². The zero-order chi connectivity index (χ0) is 12.7. The molecule has 0 aromatic carbocycles. The normalized spacial score (nSPS) is 19.7. The summed E-state index contributed by atoms with van der Waals surface area (Å²) in [7, 11) is 0. The van der Waals surface area contributed by atoms with Crippen molar-refractivity contribution >= 4 is 23.1 Å². The van der Waals surface area contributed by atoms with Crippen LogP contribution in [0.4, 0.5) is 0 Å². The molecule has 1 unspecified atom stereocenters. The number of aromatic nitrogens is 4. The Hall–Kier alpha value is -2.55. The Labute approximate surface area is 99.3 Å². The maximum Gasteiger partial charge on any atom is 0.331 e. The van der Waals surface area contributed by atoms with E-state index in [1.54, 1.807) is 0 Å². The number of H-pyrrole nitrogens is 1. The summed E-state index contributed by atoms with van der Waals surface area (Å²) < 4.78 is 9.83. The Morgan fingerprint density at radius 1 is 1.33 bits per heavy atom. The minimum absolute atomic E-state index is 0.0422. The van der Waals surface area contributed by atoms with E-state index in [-0.39, 0.29) is 24.0 Å². The van der Waals surface area contributed by atoms with Gasteiger partial charge < -0.3 is 20.2 Å². The molecule has 3 N–H and O–H groups in total. The molecule has 3 rings (SSSR count). The van der Waals surface area contributed by atoms with Gasteiger partial charge in [-0.1, -0.05) is 0 Å². The Bertz CT molecular complexity index is 651. The van der Waals surface area contributed by atoms with Crippen LogP contribution in [0.15, 0.2) is 6.33 Å². The van der Waals surface area contributed by atoms with Crippen LogP contribution < -0.4 is 15.2 Å². The molecule has 1 aliphatic heterocycles. The highest BCUT2D eigenvalue weighted by Gasteiger charge is 2.26. The number of rotatable bonds is 0. The lowest BCUT2D eigenvalue weighted by atomic mass is 10.2. The van der Waals surface area contributed by atoms with Crippen molar-refractivity contribution in [1.29, 1.82) is 0 Å². The Balaban J connectivity index is 2.16. The van der Waals surface area contributed by atoms with Crippen molar-refractivity contribution in [3.05, 3.63) is 6.33 Å². The van der Waals surface area contributed by atoms with Crippen LogP contribution >= 0.6 is 0 Å². The summed E-state index contributed by atoms with van der Waals surface area (Å²) in [5.74, 6) is -1.52. The number of carbonyl (C=O) groups excluding carboxylic acids is 2. The first-order valence-electron chi connectivity index (χ1n) is 5.02. The second-order valence-corrected chi connectivity index (χ2v) is 3.62. The summed E-state index contributed by atoms with van der Waals surface area (Å²) in [5.41, 5.74) is 6.04. The van der Waals surface area contributed by atoms with Gasteiger partial charge in [-0.05, 0) is 0 Å². The number of nitrogens with zero attached hydrogens (tertiary/aromatic N) is 3. The fraction of sp³-hybridized carbons (Fsp3) is 0.222. The van der Waals surface area contributed by atoms with E-state index in [1.807, 2.05) is 0 Å². The summed E-state index contributed by atoms with van der Waals surface area (Å²) in [4.78, 5) is 37.3. The number of ether oxygens (including phenoxy) is 2. The predicted octanol–water partition coefficient (Wildman–Crippen LogP) is -1.11. The second-order valence-electron chi connectivity index (χ2n) is 3.62. The van der Waals surface area contributed by atoms with Gasteiger partial charge in [-0.15, -0.1) is 0 Å². The van der Waals surface area contributed by atoms with Gasteiger partial charge in [0.15, 0.2) is 5.65 Å². The van der Waals surface area contributed by atoms with Crippen molar-refractivity contribution in [3.63, 3.8) is 0 Å². The molecule has 3 heterocycles. The summed E-state index contributed by atoms with van der Waals surface area (Å²) in [6, 6.07) is -1.36. The maximum absolute atomic E-state index is 11.5. The Morgan fingerprint density at radius 3 is 3.00 bits per heavy atom. The van der Waals surface area contributed by atoms with E-state index < -0.39 is 18.0 Å². The van der Waals surface area contributed by atoms with Crippen LogP contribution in [0.1, 0.15) is 6.42 Å². The number of hydrogen-bond acceptors (Lipinski definition) is 8. The van der Waals surface area contributed by atoms with Crippen molar-refractivity contribution < 1.29 is 19.1 Å². The molecule has 9 heteroatoms. The Kier molecular flexibility index (Phi) is 2.20. The lowest BCUT2D eigenvalue weighted by Crippen LogP contribution is -2.36. The first-order chi connectivity index (χ1) is 8.63. The molecular weight excluding hydrogens is 242 g/mol. The molecule has 0 saturated heterocycles. The molecule has 0 aliphatic carbocycles. The highest BCUT2D eigenvalue weighted by Crippen LogP contribution is 2.23. The third kappa shape index (κ3) is 1.66. The predicted molar refractivity (Wildman–Crippen MR) is 55.5 cm³/mol. The lowest BCUT2D eigenvalue weighted by molar-refractivity contribution is -0.141. The molecule has 18 heavy (non-hydrogen) atoms. The van der Waals surface area contributed by atoms with Crippen molar-refractivity contribution in [2.75, 3.05) is 0 Å². The van der Waals surface area contributed by atoms with Gasteiger partial charge >= 0.3 is 17.9 Å². The number of nitrogens with one attached hydrogen (secondary N) is 1. The molecule has 0 fully saturated rings. The zero-order valence-electron chi connectivity index (χ0n) is 8.91. The van der Waals surface area contributed by atoms with Crippen LogP contribution in [0.5, 0.6) is 11.9 Å². The lowest BCUT2D eigenvalue weighted by Gasteiger charge is -2.05. The van der Waals surface area contributed by atoms with Gasteiger partial charge in [-0.2, -0.15) is 9.97 Å². The number of aromatic amines is 1. The summed E-state index contributed by atoms with van der Waals surface area (Å²) in [5, 5.41) is 0. The van der Waals surface area contributed by atoms with Gasteiger partial charge in [-0.3, -0.25) is 4.79 Å². The molecule has 9 nitrogen and oxygen atoms in total. The molecule has 0 spiro atoms. The van der Waals surface area contributed by atoms with E-state index in [1.165, 1.54) is 6.33 Å². The van der Waals surface area contributed by atoms with Gasteiger partial charge in [-0.25, -0.2) is 9.78 Å². The fourth-order valence-electron chi connectivity index (χ4n) is 1.49. The first-order valence-corrected chi connectivity index (χ1v) is 5.02. The van der Waals surface area contributed by atoms with Crippen molar-refractivity contribution in [2.24, 2.45) is 5.73 Å². The van der Waals surface area contributed by atoms with Crippen LogP contribution in [0.2, 0.25) is 0 Å². The molecule has 2 bridgehead atoms. The first kappa shape index (κ1) is 10.6. The number of carbonyl (C=O) groups is 2. The molecule has 1 aliphatic rings. The molecular formula is C9H7N5O4. The molecule has 2 aromatic heterocycles. The van der Waals surface area contributed by atoms with Crippen molar-refractivity contribution in [2.45, 2.75) is 12.5 Å². The average molecular weight is 249 g/mol. The highest BCUT2D eigenvalue weighted by atomic mass is 16.6. The summed E-state index contributed by atoms with van der Waals surface area (Å²) in [6.07, 6.45) is 1.06. The third-order valence-corrected chi connectivity index (χ3v) is 2.32. The van der Waals surface area contributed by atoms with Crippen LogP contribution in [-0.4, -0.2) is 37.9 Å². The van der Waals surface area contributed by atoms with E-state index in [0.29, 0.717) is 5.52 Å². The maximum atomic E-state index is 11.5. The zero-order valence-corrected chi connectivity index (χ0v) is 8.91. The van der Waals surface area contributed by atoms with Crippen LogP contribution in [0.3, 0.4) is 0 Å². The molecule has 1 atom stereocenters. The van der Waals surface area contributed by atoms with Gasteiger partial charge in [0.1, 0.15) is 11.6 Å². The smallest absolute Gasteiger partial charge is 0.331 e. The number of imidazole rings is 1. The molecule has 0 amide bonds. The largest absolute Gasteiger partial charge is 0.405 e. The number of fused-ring (bicyclic) bond motifs is 4. The van der Waals surface area contributed by atoms with Crippen LogP contribution in [-0.2, 0) is 9.59 Å². The van der Waals surface area contributed by atoms with E-state index in [0.717, 1.165) is 0 Å². The van der Waals surface area contributed by atoms with E-state index >= 15 is 0 Å². The van der Waals surface area contributed by atoms with Crippen molar-refractivity contribution in [3.8, 4) is 11.9 Å². The molecule has 2 aromatic rings. The van der Waals surface area contributed by atoms with Gasteiger partial charge in [0.05, 0.1) is 12.7 Å². The molecule has 0 saturated carbocycles. The second kappa shape index (κ2) is 3.74. The van der Waals surface area contributed by atoms with E-state index in [4.69, 9.17) is 15.2 Å². The SMILES string of the molecule is NC1CC(=O)Oc2nc(nc3nc[nH]c23)OC1=O. The third-order valence-electron chi connectivity index (χ3n) is 2.32. The van der Waals surface area contributed by atoms with E-state index in [2.05, 4.69) is 19.9 Å². The monoisotopic (exact) mass is 249 g/mol. The molecule has 0 radical (unpaired) electrons. The van der Waals surface area contributed by atoms with Gasteiger partial charge in [0.2, 0.25) is 0 Å². The number of esters is 2. The topological polar surface area (TPSA) is 133 Å². The summed E-state index contributed by atoms with van der Waals surface area (Å²) in [6.45, 7) is 0. The van der Waals surface area contributed by atoms with Crippen molar-refractivity contribution in [1.82, 2.24) is 19.9 Å². The minimum Gasteiger partial charge on any atom is -0.405 e. The quantitative estimate of drug-likeness (QED) is 0.561. The fourth-order valence-corrected chi connectivity index (χ4v) is 1.49. The standard InChI is InChI=1S/C9H7N5O4/c10-3-1-4(15)17-7-5-6(12-2-11-5)13-9(14-7)18-8(3)16/h2-3H,1,10H2,(H,11,12,13,14). The van der Waals surface area contributed by atoms with E-state index in [9.17, 15) is 9.59 Å². The number of hydrogen-bond donors (Lipinski definition) is 2. The average Bonchev–Trinajstić information content (AvgIpc) is 2.76. The summed E-state index contributed by atoms with van der Waals surface area (Å²) >= 11 is 0. The number of nitrogens with two attached hydrogens (primary N) is 1. The Morgan fingerprint density at radius 2 is 2.17 bits per heavy atom. The molecule has 92 valence electrons. The minimum atomic E-state index is -1.11.